The summed E-state index contributed by atoms with van der Waals surface area (Å²) < 4.78 is 25.6. The Morgan fingerprint density at radius 2 is 1.88 bits per heavy atom. The topological polar surface area (TPSA) is 46.2 Å². The summed E-state index contributed by atoms with van der Waals surface area (Å²) in [5.41, 5.74) is 1.79. The molecule has 1 aromatic carbocycles. The molecule has 0 aliphatic heterocycles. The summed E-state index contributed by atoms with van der Waals surface area (Å²) in [5.74, 6) is 0.418. The van der Waals surface area contributed by atoms with Crippen molar-refractivity contribution in [3.8, 4) is 0 Å². The van der Waals surface area contributed by atoms with Gasteiger partial charge in [-0.3, -0.25) is 4.72 Å². The standard InChI is InChI=1S/C11H16ClNO2S/c1-2-10-4-6-11(7-5-10)13-16(14,15)9-3-8-12/h4-7,13H,2-3,8-9H2,1H3. The van der Waals surface area contributed by atoms with Gasteiger partial charge in [0.2, 0.25) is 10.0 Å². The maximum Gasteiger partial charge on any atom is 0.232 e. The van der Waals surface area contributed by atoms with E-state index in [0.717, 1.165) is 6.42 Å². The molecule has 16 heavy (non-hydrogen) atoms. The van der Waals surface area contributed by atoms with Crippen LogP contribution in [-0.4, -0.2) is 20.1 Å². The van der Waals surface area contributed by atoms with Crippen LogP contribution in [0.5, 0.6) is 0 Å². The number of anilines is 1. The van der Waals surface area contributed by atoms with Crippen molar-refractivity contribution in [3.63, 3.8) is 0 Å². The van der Waals surface area contributed by atoms with E-state index in [1.165, 1.54) is 5.56 Å². The first-order chi connectivity index (χ1) is 7.57. The Bertz CT molecular complexity index is 414. The van der Waals surface area contributed by atoms with Crippen LogP contribution in [0, 0.1) is 0 Å². The molecule has 0 heterocycles. The normalized spacial score (nSPS) is 11.4. The van der Waals surface area contributed by atoms with E-state index in [1.54, 1.807) is 12.1 Å². The van der Waals surface area contributed by atoms with Gasteiger partial charge in [-0.25, -0.2) is 8.42 Å². The van der Waals surface area contributed by atoms with Crippen LogP contribution >= 0.6 is 11.6 Å². The van der Waals surface area contributed by atoms with Gasteiger partial charge in [0.15, 0.2) is 0 Å². The molecule has 1 rings (SSSR count). The SMILES string of the molecule is CCc1ccc(NS(=O)(=O)CCCCl)cc1. The van der Waals surface area contributed by atoms with Crippen molar-refractivity contribution in [2.75, 3.05) is 16.4 Å². The van der Waals surface area contributed by atoms with Gasteiger partial charge in [0.05, 0.1) is 5.75 Å². The van der Waals surface area contributed by atoms with Crippen molar-refractivity contribution in [1.82, 2.24) is 0 Å². The molecule has 0 aliphatic rings. The fourth-order valence-corrected chi connectivity index (χ4v) is 2.70. The van der Waals surface area contributed by atoms with Crippen LogP contribution in [0.2, 0.25) is 0 Å². The van der Waals surface area contributed by atoms with E-state index in [9.17, 15) is 8.42 Å². The second kappa shape index (κ2) is 6.11. The van der Waals surface area contributed by atoms with Crippen molar-refractivity contribution in [2.45, 2.75) is 19.8 Å². The molecule has 0 spiro atoms. The van der Waals surface area contributed by atoms with Gasteiger partial charge >= 0.3 is 0 Å². The smallest absolute Gasteiger partial charge is 0.232 e. The molecule has 0 aromatic heterocycles. The average Bonchev–Trinajstić information content (AvgIpc) is 2.27. The highest BCUT2D eigenvalue weighted by Crippen LogP contribution is 2.12. The molecular formula is C11H16ClNO2S. The lowest BCUT2D eigenvalue weighted by atomic mass is 10.2. The van der Waals surface area contributed by atoms with E-state index in [1.807, 2.05) is 12.1 Å². The minimum atomic E-state index is -3.25. The maximum absolute atomic E-state index is 11.5. The summed E-state index contributed by atoms with van der Waals surface area (Å²) in [6.07, 6.45) is 1.41. The van der Waals surface area contributed by atoms with Crippen LogP contribution in [0.15, 0.2) is 24.3 Å². The van der Waals surface area contributed by atoms with Crippen molar-refractivity contribution >= 4 is 27.3 Å². The molecule has 0 amide bonds. The third-order valence-corrected chi connectivity index (χ3v) is 3.82. The molecule has 90 valence electrons. The molecule has 1 aromatic rings. The number of halogens is 1. The summed E-state index contributed by atoms with van der Waals surface area (Å²) >= 11 is 5.46. The van der Waals surface area contributed by atoms with Gasteiger partial charge in [-0.05, 0) is 30.5 Å². The molecule has 0 saturated heterocycles. The van der Waals surface area contributed by atoms with Crippen LogP contribution in [0.1, 0.15) is 18.9 Å². The average molecular weight is 262 g/mol. The molecule has 0 aliphatic carbocycles. The number of hydrogen-bond acceptors (Lipinski definition) is 2. The van der Waals surface area contributed by atoms with Gasteiger partial charge in [-0.2, -0.15) is 0 Å². The predicted octanol–water partition coefficient (Wildman–Crippen LogP) is 2.62. The van der Waals surface area contributed by atoms with E-state index >= 15 is 0 Å². The lowest BCUT2D eigenvalue weighted by molar-refractivity contribution is 0.600. The number of rotatable bonds is 6. The largest absolute Gasteiger partial charge is 0.284 e. The Morgan fingerprint density at radius 3 is 2.38 bits per heavy atom. The second-order valence-corrected chi connectivity index (χ2v) is 5.73. The first-order valence-corrected chi connectivity index (χ1v) is 7.41. The first kappa shape index (κ1) is 13.3. The zero-order valence-corrected chi connectivity index (χ0v) is 10.8. The number of sulfonamides is 1. The Hall–Kier alpha value is -0.740. The van der Waals surface area contributed by atoms with Crippen molar-refractivity contribution in [1.29, 1.82) is 0 Å². The molecule has 0 saturated carbocycles. The zero-order chi connectivity index (χ0) is 12.0. The molecule has 0 radical (unpaired) electrons. The minimum Gasteiger partial charge on any atom is -0.284 e. The quantitative estimate of drug-likeness (QED) is 0.800. The van der Waals surface area contributed by atoms with Crippen molar-refractivity contribution in [2.24, 2.45) is 0 Å². The summed E-state index contributed by atoms with van der Waals surface area (Å²) in [5, 5.41) is 0. The third-order valence-electron chi connectivity index (χ3n) is 2.18. The van der Waals surface area contributed by atoms with Gasteiger partial charge in [0.1, 0.15) is 0 Å². The summed E-state index contributed by atoms with van der Waals surface area (Å²) in [6.45, 7) is 2.06. The summed E-state index contributed by atoms with van der Waals surface area (Å²) in [4.78, 5) is 0. The van der Waals surface area contributed by atoms with E-state index in [-0.39, 0.29) is 5.75 Å². The maximum atomic E-state index is 11.5. The number of aryl methyl sites for hydroxylation is 1. The Balaban J connectivity index is 2.65. The van der Waals surface area contributed by atoms with E-state index in [4.69, 9.17) is 11.6 Å². The Kier molecular flexibility index (Phi) is 5.09. The molecule has 0 atom stereocenters. The Labute approximate surface area is 102 Å². The summed E-state index contributed by atoms with van der Waals surface area (Å²) in [7, 11) is -3.25. The highest BCUT2D eigenvalue weighted by Gasteiger charge is 2.09. The van der Waals surface area contributed by atoms with Gasteiger partial charge in [0, 0.05) is 11.6 Å². The van der Waals surface area contributed by atoms with Crippen LogP contribution in [0.25, 0.3) is 0 Å². The molecule has 0 unspecified atom stereocenters. The van der Waals surface area contributed by atoms with Crippen LogP contribution < -0.4 is 4.72 Å². The lowest BCUT2D eigenvalue weighted by Crippen LogP contribution is -2.16. The van der Waals surface area contributed by atoms with Crippen LogP contribution in [0.3, 0.4) is 0 Å². The molecule has 3 nitrogen and oxygen atoms in total. The highest BCUT2D eigenvalue weighted by molar-refractivity contribution is 7.92. The molecular weight excluding hydrogens is 246 g/mol. The molecule has 1 N–H and O–H groups in total. The third kappa shape index (κ3) is 4.41. The van der Waals surface area contributed by atoms with Gasteiger partial charge in [-0.15, -0.1) is 11.6 Å². The van der Waals surface area contributed by atoms with Gasteiger partial charge in [0.25, 0.3) is 0 Å². The number of hydrogen-bond donors (Lipinski definition) is 1. The predicted molar refractivity (Wildman–Crippen MR) is 68.6 cm³/mol. The zero-order valence-electron chi connectivity index (χ0n) is 9.24. The first-order valence-electron chi connectivity index (χ1n) is 5.23. The monoisotopic (exact) mass is 261 g/mol. The number of benzene rings is 1. The van der Waals surface area contributed by atoms with Crippen LogP contribution in [0.4, 0.5) is 5.69 Å². The van der Waals surface area contributed by atoms with E-state index in [2.05, 4.69) is 11.6 Å². The van der Waals surface area contributed by atoms with Crippen molar-refractivity contribution in [3.05, 3.63) is 29.8 Å². The Morgan fingerprint density at radius 1 is 1.25 bits per heavy atom. The minimum absolute atomic E-state index is 0.0615. The molecule has 5 heteroatoms. The fraction of sp³-hybridized carbons (Fsp3) is 0.455. The van der Waals surface area contributed by atoms with Crippen molar-refractivity contribution < 1.29 is 8.42 Å². The lowest BCUT2D eigenvalue weighted by Gasteiger charge is -2.07. The van der Waals surface area contributed by atoms with E-state index in [0.29, 0.717) is 18.0 Å². The van der Waals surface area contributed by atoms with Gasteiger partial charge < -0.3 is 0 Å². The summed E-state index contributed by atoms with van der Waals surface area (Å²) in [6, 6.07) is 7.38. The second-order valence-electron chi connectivity index (χ2n) is 3.51. The number of nitrogens with one attached hydrogen (secondary N) is 1. The van der Waals surface area contributed by atoms with E-state index < -0.39 is 10.0 Å². The fourth-order valence-electron chi connectivity index (χ4n) is 1.28. The number of alkyl halides is 1. The van der Waals surface area contributed by atoms with Crippen LogP contribution in [-0.2, 0) is 16.4 Å². The van der Waals surface area contributed by atoms with Gasteiger partial charge in [-0.1, -0.05) is 19.1 Å². The molecule has 0 fully saturated rings. The highest BCUT2D eigenvalue weighted by atomic mass is 35.5. The molecule has 0 bridgehead atoms.